The van der Waals surface area contributed by atoms with Gasteiger partial charge in [0.1, 0.15) is 18.3 Å². The summed E-state index contributed by atoms with van der Waals surface area (Å²) in [5.74, 6) is -3.19. The fraction of sp³-hybridized carbons (Fsp3) is 0.417. The molecule has 0 saturated carbocycles. The molecule has 1 rings (SSSR count). The molecule has 20 heavy (non-hydrogen) atoms. The summed E-state index contributed by atoms with van der Waals surface area (Å²) in [5, 5.41) is 55.3. The van der Waals surface area contributed by atoms with Crippen LogP contribution >= 0.6 is 0 Å². The molecule has 2 unspecified atom stereocenters. The molecular formula is C12H16O8. The smallest absolute Gasteiger partial charge is 0.338 e. The van der Waals surface area contributed by atoms with E-state index in [0.29, 0.717) is 0 Å². The Hall–Kier alpha value is -2.03. The van der Waals surface area contributed by atoms with Crippen LogP contribution in [0.1, 0.15) is 17.3 Å². The molecule has 0 radical (unpaired) electrons. The molecule has 0 fully saturated rings. The van der Waals surface area contributed by atoms with Gasteiger partial charge in [-0.25, -0.2) is 4.79 Å². The average Bonchev–Trinajstić information content (AvgIpc) is 2.40. The van der Waals surface area contributed by atoms with E-state index in [1.165, 1.54) is 0 Å². The lowest BCUT2D eigenvalue weighted by molar-refractivity contribution is -0.111. The summed E-state index contributed by atoms with van der Waals surface area (Å²) in [6.45, 7) is -0.172. The van der Waals surface area contributed by atoms with Gasteiger partial charge in [-0.3, -0.25) is 0 Å². The topological polar surface area (TPSA) is 148 Å². The van der Waals surface area contributed by atoms with Crippen LogP contribution in [0.25, 0.3) is 0 Å². The van der Waals surface area contributed by atoms with Crippen molar-refractivity contribution in [2.75, 3.05) is 13.2 Å². The number of esters is 1. The minimum absolute atomic E-state index is 0.257. The molecule has 0 aliphatic rings. The van der Waals surface area contributed by atoms with Crippen molar-refractivity contribution in [3.05, 3.63) is 17.7 Å². The summed E-state index contributed by atoms with van der Waals surface area (Å²) >= 11 is 0. The molecule has 0 saturated heterocycles. The largest absolute Gasteiger partial charge is 0.504 e. The van der Waals surface area contributed by atoms with Gasteiger partial charge in [-0.15, -0.1) is 0 Å². The number of hydrogen-bond donors (Lipinski definition) is 6. The predicted octanol–water partition coefficient (Wildman–Crippen LogP) is -0.936. The summed E-state index contributed by atoms with van der Waals surface area (Å²) in [6, 6.07) is 1.74. The normalized spacial score (nSPS) is 15.4. The summed E-state index contributed by atoms with van der Waals surface area (Å²) < 4.78 is 4.70. The Morgan fingerprint density at radius 2 is 1.80 bits per heavy atom. The quantitative estimate of drug-likeness (QED) is 0.300. The predicted molar refractivity (Wildman–Crippen MR) is 65.4 cm³/mol. The highest BCUT2D eigenvalue weighted by atomic mass is 16.5. The second kappa shape index (κ2) is 5.95. The van der Waals surface area contributed by atoms with Gasteiger partial charge in [0.25, 0.3) is 0 Å². The van der Waals surface area contributed by atoms with E-state index in [4.69, 9.17) is 14.9 Å². The molecule has 1 aromatic rings. The molecule has 0 aliphatic heterocycles. The molecule has 0 aromatic heterocycles. The van der Waals surface area contributed by atoms with Crippen molar-refractivity contribution in [3.8, 4) is 17.2 Å². The number of hydrogen-bond acceptors (Lipinski definition) is 8. The summed E-state index contributed by atoms with van der Waals surface area (Å²) in [6.07, 6.45) is -1.50. The van der Waals surface area contributed by atoms with Crippen LogP contribution in [0.2, 0.25) is 0 Å². The number of aromatic hydroxyl groups is 3. The fourth-order valence-electron chi connectivity index (χ4n) is 1.31. The van der Waals surface area contributed by atoms with E-state index < -0.39 is 48.1 Å². The van der Waals surface area contributed by atoms with Crippen LogP contribution in [0.3, 0.4) is 0 Å². The van der Waals surface area contributed by atoms with E-state index >= 15 is 0 Å². The van der Waals surface area contributed by atoms with Crippen LogP contribution in [0, 0.1) is 0 Å². The van der Waals surface area contributed by atoms with Crippen molar-refractivity contribution >= 4 is 5.97 Å². The third kappa shape index (κ3) is 3.50. The molecule has 8 heteroatoms. The van der Waals surface area contributed by atoms with Crippen LogP contribution in [-0.2, 0) is 4.74 Å². The first-order chi connectivity index (χ1) is 9.19. The van der Waals surface area contributed by atoms with Crippen molar-refractivity contribution in [3.63, 3.8) is 0 Å². The van der Waals surface area contributed by atoms with E-state index in [9.17, 15) is 25.2 Å². The minimum Gasteiger partial charge on any atom is -0.504 e. The second-order valence-corrected chi connectivity index (χ2v) is 4.49. The highest BCUT2D eigenvalue weighted by Crippen LogP contribution is 2.35. The third-order valence-electron chi connectivity index (χ3n) is 2.69. The molecule has 8 nitrogen and oxygen atoms in total. The number of carbonyl (C=O) groups excluding carboxylic acids is 1. The molecule has 2 atom stereocenters. The Labute approximate surface area is 114 Å². The maximum atomic E-state index is 11.6. The molecule has 0 heterocycles. The number of aliphatic hydroxyl groups is 3. The maximum absolute atomic E-state index is 11.6. The molecule has 6 N–H and O–H groups in total. The Bertz CT molecular complexity index is 473. The number of ether oxygens (including phenoxy) is 1. The van der Waals surface area contributed by atoms with Gasteiger partial charge in [0, 0.05) is 0 Å². The van der Waals surface area contributed by atoms with Crippen LogP contribution in [0.4, 0.5) is 0 Å². The van der Waals surface area contributed by atoms with Crippen molar-refractivity contribution < 1.29 is 40.2 Å². The van der Waals surface area contributed by atoms with E-state index in [2.05, 4.69) is 0 Å². The van der Waals surface area contributed by atoms with Gasteiger partial charge in [-0.2, -0.15) is 0 Å². The standard InChI is InChI=1S/C12H16O8/c1-12(19,9(16)4-13)5-20-11(18)6-2-7(14)10(17)8(15)3-6/h2-3,9,13-17,19H,4-5H2,1H3. The van der Waals surface area contributed by atoms with Gasteiger partial charge in [-0.05, 0) is 19.1 Å². The molecule has 112 valence electrons. The van der Waals surface area contributed by atoms with E-state index in [1.807, 2.05) is 0 Å². The van der Waals surface area contributed by atoms with Gasteiger partial charge in [-0.1, -0.05) is 0 Å². The van der Waals surface area contributed by atoms with Gasteiger partial charge < -0.3 is 35.4 Å². The zero-order chi connectivity index (χ0) is 15.5. The molecule has 0 bridgehead atoms. The number of aliphatic hydroxyl groups excluding tert-OH is 2. The maximum Gasteiger partial charge on any atom is 0.338 e. The minimum atomic E-state index is -1.86. The SMILES string of the molecule is CC(O)(COC(=O)c1cc(O)c(O)c(O)c1)C(O)CO. The van der Waals surface area contributed by atoms with E-state index in [0.717, 1.165) is 19.1 Å². The number of phenolic OH excluding ortho intramolecular Hbond substituents is 3. The highest BCUT2D eigenvalue weighted by Gasteiger charge is 2.31. The first-order valence-corrected chi connectivity index (χ1v) is 5.62. The van der Waals surface area contributed by atoms with Crippen LogP contribution in [0.15, 0.2) is 12.1 Å². The van der Waals surface area contributed by atoms with Crippen molar-refractivity contribution in [2.24, 2.45) is 0 Å². The van der Waals surface area contributed by atoms with Crippen molar-refractivity contribution in [1.29, 1.82) is 0 Å². The lowest BCUT2D eigenvalue weighted by Crippen LogP contribution is -2.46. The number of phenols is 3. The summed E-state index contributed by atoms with van der Waals surface area (Å²) in [7, 11) is 0. The lowest BCUT2D eigenvalue weighted by Gasteiger charge is -2.27. The second-order valence-electron chi connectivity index (χ2n) is 4.49. The lowest BCUT2D eigenvalue weighted by atomic mass is 10.0. The van der Waals surface area contributed by atoms with Gasteiger partial charge >= 0.3 is 5.97 Å². The third-order valence-corrected chi connectivity index (χ3v) is 2.69. The van der Waals surface area contributed by atoms with Crippen LogP contribution in [-0.4, -0.2) is 61.5 Å². The van der Waals surface area contributed by atoms with Gasteiger partial charge in [0.05, 0.1) is 12.2 Å². The zero-order valence-corrected chi connectivity index (χ0v) is 10.6. The van der Waals surface area contributed by atoms with Crippen molar-refractivity contribution in [1.82, 2.24) is 0 Å². The summed E-state index contributed by atoms with van der Waals surface area (Å²) in [5.41, 5.74) is -2.11. The Morgan fingerprint density at radius 1 is 1.30 bits per heavy atom. The first kappa shape index (κ1) is 16.0. The number of rotatable bonds is 5. The van der Waals surface area contributed by atoms with E-state index in [-0.39, 0.29) is 5.56 Å². The van der Waals surface area contributed by atoms with Crippen LogP contribution in [0.5, 0.6) is 17.2 Å². The monoisotopic (exact) mass is 288 g/mol. The van der Waals surface area contributed by atoms with Gasteiger partial charge in [0.15, 0.2) is 17.2 Å². The number of benzene rings is 1. The Morgan fingerprint density at radius 3 is 2.25 bits per heavy atom. The molecule has 0 spiro atoms. The molecular weight excluding hydrogens is 272 g/mol. The molecule has 1 aromatic carbocycles. The van der Waals surface area contributed by atoms with Crippen molar-refractivity contribution in [2.45, 2.75) is 18.6 Å². The Kier molecular flexibility index (Phi) is 4.77. The Balaban J connectivity index is 2.78. The highest BCUT2D eigenvalue weighted by molar-refractivity contribution is 5.91. The summed E-state index contributed by atoms with van der Waals surface area (Å²) in [4.78, 5) is 11.6. The van der Waals surface area contributed by atoms with Gasteiger partial charge in [0.2, 0.25) is 0 Å². The zero-order valence-electron chi connectivity index (χ0n) is 10.6. The van der Waals surface area contributed by atoms with Crippen LogP contribution < -0.4 is 0 Å². The molecule has 0 aliphatic carbocycles. The molecule has 0 amide bonds. The van der Waals surface area contributed by atoms with E-state index in [1.54, 1.807) is 0 Å². The average molecular weight is 288 g/mol. The fourth-order valence-corrected chi connectivity index (χ4v) is 1.31. The number of carbonyl (C=O) groups is 1. The first-order valence-electron chi connectivity index (χ1n) is 5.62.